The van der Waals surface area contributed by atoms with E-state index in [0.29, 0.717) is 36.1 Å². The maximum Gasteiger partial charge on any atom is 0.252 e. The Labute approximate surface area is 148 Å². The standard InChI is InChI=1S/C17H26N2O3S2/c1-2-9-18(13-14-5-6-14)17(20)15-7-10-19(11-8-15)24(21,22)16-4-3-12-23-16/h3-4,12,14-15H,2,5-11,13H2,1H3. The van der Waals surface area contributed by atoms with Crippen molar-refractivity contribution in [2.75, 3.05) is 26.2 Å². The zero-order valence-corrected chi connectivity index (χ0v) is 15.8. The van der Waals surface area contributed by atoms with E-state index in [0.717, 1.165) is 19.5 Å². The molecule has 3 rings (SSSR count). The van der Waals surface area contributed by atoms with Gasteiger partial charge in [0.15, 0.2) is 0 Å². The number of hydrogen-bond donors (Lipinski definition) is 0. The van der Waals surface area contributed by atoms with E-state index in [1.807, 2.05) is 4.90 Å². The van der Waals surface area contributed by atoms with Crippen LogP contribution < -0.4 is 0 Å². The molecule has 0 radical (unpaired) electrons. The van der Waals surface area contributed by atoms with Crippen LogP contribution in [0.15, 0.2) is 21.7 Å². The maximum absolute atomic E-state index is 12.8. The van der Waals surface area contributed by atoms with Crippen molar-refractivity contribution in [1.29, 1.82) is 0 Å². The first-order valence-corrected chi connectivity index (χ1v) is 11.2. The molecule has 0 spiro atoms. The zero-order valence-electron chi connectivity index (χ0n) is 14.2. The van der Waals surface area contributed by atoms with E-state index in [2.05, 4.69) is 6.92 Å². The van der Waals surface area contributed by atoms with Gasteiger partial charge in [0.05, 0.1) is 0 Å². The number of hydrogen-bond acceptors (Lipinski definition) is 4. The summed E-state index contributed by atoms with van der Waals surface area (Å²) in [7, 11) is -3.38. The van der Waals surface area contributed by atoms with Gasteiger partial charge in [0.25, 0.3) is 10.0 Å². The van der Waals surface area contributed by atoms with Gasteiger partial charge < -0.3 is 4.90 Å². The molecule has 1 aromatic rings. The SMILES string of the molecule is CCCN(CC1CC1)C(=O)C1CCN(S(=O)(=O)c2cccs2)CC1. The fraction of sp³-hybridized carbons (Fsp3) is 0.706. The molecule has 1 aromatic heterocycles. The normalized spacial score (nSPS) is 20.2. The topological polar surface area (TPSA) is 57.7 Å². The van der Waals surface area contributed by atoms with Gasteiger partial charge in [-0.15, -0.1) is 11.3 Å². The molecule has 2 fully saturated rings. The molecule has 1 saturated heterocycles. The molecule has 2 aliphatic rings. The summed E-state index contributed by atoms with van der Waals surface area (Å²) in [6, 6.07) is 3.41. The molecule has 5 nitrogen and oxygen atoms in total. The molecule has 2 heterocycles. The average Bonchev–Trinajstić information content (AvgIpc) is 3.22. The molecule has 1 amide bonds. The summed E-state index contributed by atoms with van der Waals surface area (Å²) in [4.78, 5) is 14.8. The predicted octanol–water partition coefficient (Wildman–Crippen LogP) is 2.80. The second-order valence-corrected chi connectivity index (χ2v) is 9.95. The van der Waals surface area contributed by atoms with Gasteiger partial charge in [0, 0.05) is 32.1 Å². The minimum Gasteiger partial charge on any atom is -0.342 e. The van der Waals surface area contributed by atoms with Gasteiger partial charge >= 0.3 is 0 Å². The van der Waals surface area contributed by atoms with Crippen LogP contribution in [0.3, 0.4) is 0 Å². The van der Waals surface area contributed by atoms with Gasteiger partial charge in [0.2, 0.25) is 5.91 Å². The number of carbonyl (C=O) groups excluding carboxylic acids is 1. The molecule has 1 aliphatic heterocycles. The van der Waals surface area contributed by atoms with Gasteiger partial charge in [-0.05, 0) is 49.5 Å². The Morgan fingerprint density at radius 2 is 2.00 bits per heavy atom. The Kier molecular flexibility index (Phi) is 5.62. The van der Waals surface area contributed by atoms with Crippen molar-refractivity contribution in [2.45, 2.75) is 43.2 Å². The monoisotopic (exact) mass is 370 g/mol. The number of amides is 1. The van der Waals surface area contributed by atoms with Crippen LogP contribution in [0.25, 0.3) is 0 Å². The molecular weight excluding hydrogens is 344 g/mol. The van der Waals surface area contributed by atoms with Crippen molar-refractivity contribution in [2.24, 2.45) is 11.8 Å². The number of nitrogens with zero attached hydrogens (tertiary/aromatic N) is 2. The number of rotatable bonds is 7. The summed E-state index contributed by atoms with van der Waals surface area (Å²) >= 11 is 1.25. The number of piperidine rings is 1. The highest BCUT2D eigenvalue weighted by Crippen LogP contribution is 2.32. The Morgan fingerprint density at radius 3 is 2.54 bits per heavy atom. The number of carbonyl (C=O) groups is 1. The van der Waals surface area contributed by atoms with E-state index in [4.69, 9.17) is 0 Å². The van der Waals surface area contributed by atoms with Crippen LogP contribution in [0.2, 0.25) is 0 Å². The molecule has 24 heavy (non-hydrogen) atoms. The molecule has 0 atom stereocenters. The summed E-state index contributed by atoms with van der Waals surface area (Å²) in [6.07, 6.45) is 4.72. The molecule has 7 heteroatoms. The second kappa shape index (κ2) is 7.54. The molecular formula is C17H26N2O3S2. The summed E-state index contributed by atoms with van der Waals surface area (Å²) in [5.74, 6) is 0.904. The van der Waals surface area contributed by atoms with E-state index in [1.54, 1.807) is 17.5 Å². The molecule has 1 aliphatic carbocycles. The zero-order chi connectivity index (χ0) is 17.2. The summed E-state index contributed by atoms with van der Waals surface area (Å²) in [5, 5.41) is 1.78. The van der Waals surface area contributed by atoms with E-state index in [-0.39, 0.29) is 11.8 Å². The smallest absolute Gasteiger partial charge is 0.252 e. The van der Waals surface area contributed by atoms with Crippen LogP contribution in [0, 0.1) is 11.8 Å². The molecule has 134 valence electrons. The van der Waals surface area contributed by atoms with Crippen LogP contribution in [-0.4, -0.2) is 49.7 Å². The van der Waals surface area contributed by atoms with Crippen molar-refractivity contribution in [1.82, 2.24) is 9.21 Å². The lowest BCUT2D eigenvalue weighted by Gasteiger charge is -2.33. The number of sulfonamides is 1. The van der Waals surface area contributed by atoms with E-state index < -0.39 is 10.0 Å². The van der Waals surface area contributed by atoms with Crippen LogP contribution in [0.4, 0.5) is 0 Å². The van der Waals surface area contributed by atoms with Crippen molar-refractivity contribution < 1.29 is 13.2 Å². The van der Waals surface area contributed by atoms with Crippen molar-refractivity contribution >= 4 is 27.3 Å². The third-order valence-corrected chi connectivity index (χ3v) is 8.14. The highest BCUT2D eigenvalue weighted by atomic mass is 32.2. The van der Waals surface area contributed by atoms with Crippen LogP contribution >= 0.6 is 11.3 Å². The first-order chi connectivity index (χ1) is 11.5. The number of thiophene rings is 1. The highest BCUT2D eigenvalue weighted by Gasteiger charge is 2.35. The van der Waals surface area contributed by atoms with Gasteiger partial charge in [0.1, 0.15) is 4.21 Å². The lowest BCUT2D eigenvalue weighted by molar-refractivity contribution is -0.137. The quantitative estimate of drug-likeness (QED) is 0.741. The van der Waals surface area contributed by atoms with Crippen molar-refractivity contribution in [3.05, 3.63) is 17.5 Å². The predicted molar refractivity (Wildman–Crippen MR) is 95.4 cm³/mol. The van der Waals surface area contributed by atoms with E-state index >= 15 is 0 Å². The Bertz CT molecular complexity index is 645. The molecule has 0 N–H and O–H groups in total. The molecule has 0 unspecified atom stereocenters. The van der Waals surface area contributed by atoms with Gasteiger partial charge in [-0.3, -0.25) is 4.79 Å². The van der Waals surface area contributed by atoms with E-state index in [9.17, 15) is 13.2 Å². The lowest BCUT2D eigenvalue weighted by atomic mass is 9.96. The third-order valence-electron chi connectivity index (χ3n) is 4.87. The van der Waals surface area contributed by atoms with Gasteiger partial charge in [-0.25, -0.2) is 8.42 Å². The fourth-order valence-electron chi connectivity index (χ4n) is 3.31. The van der Waals surface area contributed by atoms with Crippen molar-refractivity contribution in [3.8, 4) is 0 Å². The molecule has 0 bridgehead atoms. The van der Waals surface area contributed by atoms with Crippen LogP contribution in [0.1, 0.15) is 39.0 Å². The van der Waals surface area contributed by atoms with Crippen LogP contribution in [0.5, 0.6) is 0 Å². The summed E-state index contributed by atoms with van der Waals surface area (Å²) in [5.41, 5.74) is 0. The first-order valence-electron chi connectivity index (χ1n) is 8.84. The molecule has 0 aromatic carbocycles. The third kappa shape index (κ3) is 4.00. The Balaban J connectivity index is 1.58. The first kappa shape index (κ1) is 17.9. The highest BCUT2D eigenvalue weighted by molar-refractivity contribution is 7.91. The summed E-state index contributed by atoms with van der Waals surface area (Å²) < 4.78 is 27.0. The van der Waals surface area contributed by atoms with Crippen molar-refractivity contribution in [3.63, 3.8) is 0 Å². The molecule has 1 saturated carbocycles. The van der Waals surface area contributed by atoms with Crippen LogP contribution in [-0.2, 0) is 14.8 Å². The van der Waals surface area contributed by atoms with Gasteiger partial charge in [-0.2, -0.15) is 4.31 Å². The average molecular weight is 371 g/mol. The maximum atomic E-state index is 12.8. The summed E-state index contributed by atoms with van der Waals surface area (Å²) in [6.45, 7) is 4.70. The van der Waals surface area contributed by atoms with E-state index in [1.165, 1.54) is 28.5 Å². The second-order valence-electron chi connectivity index (χ2n) is 6.84. The lowest BCUT2D eigenvalue weighted by Crippen LogP contribution is -2.45. The minimum absolute atomic E-state index is 0.0231. The minimum atomic E-state index is -3.38. The Morgan fingerprint density at radius 1 is 1.29 bits per heavy atom. The fourth-order valence-corrected chi connectivity index (χ4v) is 5.93. The van der Waals surface area contributed by atoms with Gasteiger partial charge in [-0.1, -0.05) is 13.0 Å². The largest absolute Gasteiger partial charge is 0.342 e. The Hall–Kier alpha value is -0.920.